The molecule has 0 heterocycles. The zero-order valence-corrected chi connectivity index (χ0v) is 8.49. The average molecular weight is 196 g/mol. The normalized spacial score (nSPS) is 19.8. The number of hydrogen-bond donors (Lipinski definition) is 1. The molecular weight excluding hydrogens is 180 g/mol. The molecule has 0 aromatic rings. The molecule has 1 aliphatic rings. The van der Waals surface area contributed by atoms with Gasteiger partial charge in [-0.1, -0.05) is 19.3 Å². The highest BCUT2D eigenvalue weighted by Crippen LogP contribution is 2.32. The van der Waals surface area contributed by atoms with E-state index in [-0.39, 0.29) is 5.91 Å². The SMILES string of the molecule is CN(C(=O)CO)C1(C#N)CCCCC1. The van der Waals surface area contributed by atoms with Crippen molar-refractivity contribution in [1.29, 1.82) is 5.26 Å². The lowest BCUT2D eigenvalue weighted by Crippen LogP contribution is -2.50. The minimum atomic E-state index is -0.669. The lowest BCUT2D eigenvalue weighted by atomic mass is 9.81. The molecule has 78 valence electrons. The van der Waals surface area contributed by atoms with Crippen LogP contribution in [0.2, 0.25) is 0 Å². The molecule has 1 N–H and O–H groups in total. The van der Waals surface area contributed by atoms with E-state index >= 15 is 0 Å². The number of rotatable bonds is 2. The van der Waals surface area contributed by atoms with Crippen molar-refractivity contribution in [3.8, 4) is 6.07 Å². The maximum atomic E-state index is 11.3. The van der Waals surface area contributed by atoms with Crippen molar-refractivity contribution in [2.45, 2.75) is 37.6 Å². The Bertz CT molecular complexity index is 251. The Kier molecular flexibility index (Phi) is 3.48. The van der Waals surface area contributed by atoms with Crippen molar-refractivity contribution in [3.63, 3.8) is 0 Å². The Hall–Kier alpha value is -1.08. The number of amides is 1. The molecule has 0 unspecified atom stereocenters. The first-order chi connectivity index (χ1) is 6.66. The monoisotopic (exact) mass is 196 g/mol. The van der Waals surface area contributed by atoms with E-state index in [0.717, 1.165) is 32.1 Å². The molecule has 0 aromatic heterocycles. The summed E-state index contributed by atoms with van der Waals surface area (Å²) in [7, 11) is 1.60. The Morgan fingerprint density at radius 3 is 2.50 bits per heavy atom. The Morgan fingerprint density at radius 1 is 1.50 bits per heavy atom. The van der Waals surface area contributed by atoms with Crippen molar-refractivity contribution in [2.75, 3.05) is 13.7 Å². The molecule has 4 heteroatoms. The Balaban J connectivity index is 2.78. The van der Waals surface area contributed by atoms with Gasteiger partial charge in [0.1, 0.15) is 12.1 Å². The molecule has 4 nitrogen and oxygen atoms in total. The van der Waals surface area contributed by atoms with Crippen LogP contribution in [0.25, 0.3) is 0 Å². The highest BCUT2D eigenvalue weighted by atomic mass is 16.3. The van der Waals surface area contributed by atoms with Crippen LogP contribution < -0.4 is 0 Å². The summed E-state index contributed by atoms with van der Waals surface area (Å²) in [5, 5.41) is 17.9. The first-order valence-corrected chi connectivity index (χ1v) is 4.95. The summed E-state index contributed by atoms with van der Waals surface area (Å²) in [4.78, 5) is 12.7. The van der Waals surface area contributed by atoms with Crippen LogP contribution in [0.5, 0.6) is 0 Å². The van der Waals surface area contributed by atoms with Gasteiger partial charge in [0, 0.05) is 7.05 Å². The number of aliphatic hydroxyl groups excluding tert-OH is 1. The van der Waals surface area contributed by atoms with Gasteiger partial charge < -0.3 is 10.0 Å². The van der Waals surface area contributed by atoms with Crippen LogP contribution in [0.3, 0.4) is 0 Å². The summed E-state index contributed by atoms with van der Waals surface area (Å²) in [5.74, 6) is -0.367. The lowest BCUT2D eigenvalue weighted by Gasteiger charge is -2.38. The number of aliphatic hydroxyl groups is 1. The third-order valence-electron chi connectivity index (χ3n) is 3.04. The molecule has 0 radical (unpaired) electrons. The van der Waals surface area contributed by atoms with Crippen molar-refractivity contribution >= 4 is 5.91 Å². The highest BCUT2D eigenvalue weighted by Gasteiger charge is 2.38. The van der Waals surface area contributed by atoms with E-state index in [1.54, 1.807) is 7.05 Å². The van der Waals surface area contributed by atoms with Crippen molar-refractivity contribution in [1.82, 2.24) is 4.90 Å². The van der Waals surface area contributed by atoms with Gasteiger partial charge in [-0.25, -0.2) is 0 Å². The van der Waals surface area contributed by atoms with Crippen molar-refractivity contribution in [2.24, 2.45) is 0 Å². The molecule has 0 aliphatic heterocycles. The summed E-state index contributed by atoms with van der Waals surface area (Å²) < 4.78 is 0. The van der Waals surface area contributed by atoms with E-state index < -0.39 is 12.1 Å². The second-order valence-electron chi connectivity index (χ2n) is 3.81. The van der Waals surface area contributed by atoms with Gasteiger partial charge in [-0.15, -0.1) is 0 Å². The lowest BCUT2D eigenvalue weighted by molar-refractivity contribution is -0.137. The van der Waals surface area contributed by atoms with E-state index in [1.807, 2.05) is 0 Å². The van der Waals surface area contributed by atoms with Crippen molar-refractivity contribution < 1.29 is 9.90 Å². The molecule has 1 amide bonds. The molecule has 0 spiro atoms. The van der Waals surface area contributed by atoms with Gasteiger partial charge in [-0.05, 0) is 12.8 Å². The first-order valence-electron chi connectivity index (χ1n) is 4.95. The molecule has 0 aromatic carbocycles. The van der Waals surface area contributed by atoms with Crippen molar-refractivity contribution in [3.05, 3.63) is 0 Å². The quantitative estimate of drug-likeness (QED) is 0.705. The zero-order chi connectivity index (χ0) is 10.6. The minimum absolute atomic E-state index is 0.367. The maximum absolute atomic E-state index is 11.3. The van der Waals surface area contributed by atoms with Crippen LogP contribution in [0.4, 0.5) is 0 Å². The Morgan fingerprint density at radius 2 is 2.07 bits per heavy atom. The van der Waals surface area contributed by atoms with Crippen LogP contribution in [-0.2, 0) is 4.79 Å². The summed E-state index contributed by atoms with van der Waals surface area (Å²) in [5.41, 5.74) is -0.669. The largest absolute Gasteiger partial charge is 0.387 e. The van der Waals surface area contributed by atoms with Crippen LogP contribution in [-0.4, -0.2) is 35.1 Å². The van der Waals surface area contributed by atoms with E-state index in [0.29, 0.717) is 0 Å². The minimum Gasteiger partial charge on any atom is -0.387 e. The zero-order valence-electron chi connectivity index (χ0n) is 8.49. The van der Waals surface area contributed by atoms with Gasteiger partial charge >= 0.3 is 0 Å². The first kappa shape index (κ1) is 11.0. The smallest absolute Gasteiger partial charge is 0.249 e. The predicted molar refractivity (Wildman–Crippen MR) is 51.3 cm³/mol. The molecule has 0 saturated heterocycles. The topological polar surface area (TPSA) is 64.3 Å². The molecule has 14 heavy (non-hydrogen) atoms. The van der Waals surface area contributed by atoms with E-state index in [4.69, 9.17) is 10.4 Å². The van der Waals surface area contributed by atoms with Crippen LogP contribution in [0.15, 0.2) is 0 Å². The van der Waals surface area contributed by atoms with Gasteiger partial charge in [0.15, 0.2) is 0 Å². The van der Waals surface area contributed by atoms with Crippen LogP contribution in [0, 0.1) is 11.3 Å². The Labute approximate surface area is 84.1 Å². The van der Waals surface area contributed by atoms with E-state index in [9.17, 15) is 4.79 Å². The summed E-state index contributed by atoms with van der Waals surface area (Å²) in [6.07, 6.45) is 4.55. The predicted octanol–water partition coefficient (Wildman–Crippen LogP) is 0.664. The molecule has 1 aliphatic carbocycles. The number of likely N-dealkylation sites (N-methyl/N-ethyl adjacent to an activating group) is 1. The number of nitrogens with zero attached hydrogens (tertiary/aromatic N) is 2. The van der Waals surface area contributed by atoms with Crippen LogP contribution in [0.1, 0.15) is 32.1 Å². The van der Waals surface area contributed by atoms with Crippen LogP contribution >= 0.6 is 0 Å². The van der Waals surface area contributed by atoms with E-state index in [1.165, 1.54) is 4.90 Å². The number of carbonyl (C=O) groups excluding carboxylic acids is 1. The standard InChI is InChI=1S/C10H16N2O2/c1-12(9(14)7-13)10(8-11)5-3-2-4-6-10/h13H,2-7H2,1H3. The number of nitriles is 1. The second kappa shape index (κ2) is 4.43. The molecular formula is C10H16N2O2. The van der Waals surface area contributed by atoms with Gasteiger partial charge in [-0.2, -0.15) is 5.26 Å². The third kappa shape index (κ3) is 1.88. The second-order valence-corrected chi connectivity index (χ2v) is 3.81. The fourth-order valence-electron chi connectivity index (χ4n) is 2.00. The molecule has 0 bridgehead atoms. The van der Waals surface area contributed by atoms with Gasteiger partial charge in [0.25, 0.3) is 0 Å². The molecule has 1 fully saturated rings. The van der Waals surface area contributed by atoms with Gasteiger partial charge in [-0.3, -0.25) is 4.79 Å². The molecule has 1 saturated carbocycles. The summed E-state index contributed by atoms with van der Waals surface area (Å²) in [6.45, 7) is -0.514. The number of carbonyl (C=O) groups is 1. The molecule has 1 rings (SSSR count). The van der Waals surface area contributed by atoms with E-state index in [2.05, 4.69) is 6.07 Å². The highest BCUT2D eigenvalue weighted by molar-refractivity contribution is 5.78. The molecule has 0 atom stereocenters. The maximum Gasteiger partial charge on any atom is 0.249 e. The fourth-order valence-corrected chi connectivity index (χ4v) is 2.00. The summed E-state index contributed by atoms with van der Waals surface area (Å²) >= 11 is 0. The van der Waals surface area contributed by atoms with Gasteiger partial charge in [0.05, 0.1) is 6.07 Å². The average Bonchev–Trinajstić information content (AvgIpc) is 2.28. The summed E-state index contributed by atoms with van der Waals surface area (Å²) in [6, 6.07) is 2.23. The number of hydrogen-bond acceptors (Lipinski definition) is 3. The third-order valence-corrected chi connectivity index (χ3v) is 3.04. The van der Waals surface area contributed by atoms with Gasteiger partial charge in [0.2, 0.25) is 5.91 Å². The fraction of sp³-hybridized carbons (Fsp3) is 0.800.